The zero-order valence-corrected chi connectivity index (χ0v) is 19.3. The standard InChI is InChI=1S/C24H21FN4O5S/c1-16(29-35(32,33)22-5-3-2-4-21(22)25)24(31)28-27-23(30)15-34-20-12-10-19(11-13-20)18-8-6-17(14-26)7-9-18/h2-13,16,29H,15H2,1H3,(H,27,30)(H,28,31). The van der Waals surface area contributed by atoms with Crippen molar-refractivity contribution >= 4 is 21.8 Å². The average molecular weight is 497 g/mol. The Morgan fingerprint density at radius 3 is 2.17 bits per heavy atom. The molecule has 0 heterocycles. The van der Waals surface area contributed by atoms with Gasteiger partial charge in [-0.25, -0.2) is 12.8 Å². The van der Waals surface area contributed by atoms with Crippen LogP contribution in [0.4, 0.5) is 4.39 Å². The summed E-state index contributed by atoms with van der Waals surface area (Å²) in [6.45, 7) is 0.831. The lowest BCUT2D eigenvalue weighted by molar-refractivity contribution is -0.130. The van der Waals surface area contributed by atoms with Gasteiger partial charge in [0.1, 0.15) is 16.5 Å². The van der Waals surface area contributed by atoms with Crippen LogP contribution >= 0.6 is 0 Å². The van der Waals surface area contributed by atoms with Gasteiger partial charge in [-0.2, -0.15) is 9.98 Å². The molecule has 2 amide bonds. The second-order valence-electron chi connectivity index (χ2n) is 7.31. The Balaban J connectivity index is 1.46. The molecule has 0 aliphatic carbocycles. The van der Waals surface area contributed by atoms with Gasteiger partial charge in [-0.1, -0.05) is 36.4 Å². The minimum absolute atomic E-state index is 0.411. The number of amides is 2. The molecule has 9 nitrogen and oxygen atoms in total. The number of hydrogen-bond acceptors (Lipinski definition) is 6. The minimum Gasteiger partial charge on any atom is -0.484 e. The van der Waals surface area contributed by atoms with Crippen molar-refractivity contribution in [1.82, 2.24) is 15.6 Å². The normalized spacial score (nSPS) is 11.7. The van der Waals surface area contributed by atoms with Crippen LogP contribution in [0.3, 0.4) is 0 Å². The van der Waals surface area contributed by atoms with Crippen molar-refractivity contribution in [2.75, 3.05) is 6.61 Å². The second kappa shape index (κ2) is 11.2. The van der Waals surface area contributed by atoms with Crippen LogP contribution in [0.1, 0.15) is 12.5 Å². The lowest BCUT2D eigenvalue weighted by Crippen LogP contribution is -2.51. The summed E-state index contributed by atoms with van der Waals surface area (Å²) < 4.78 is 45.7. The van der Waals surface area contributed by atoms with Gasteiger partial charge in [-0.05, 0) is 54.4 Å². The van der Waals surface area contributed by atoms with Crippen molar-refractivity contribution in [1.29, 1.82) is 5.26 Å². The van der Waals surface area contributed by atoms with E-state index in [1.165, 1.54) is 19.1 Å². The number of nitriles is 1. The fourth-order valence-electron chi connectivity index (χ4n) is 2.92. The third-order valence-electron chi connectivity index (χ3n) is 4.75. The molecule has 3 N–H and O–H groups in total. The van der Waals surface area contributed by atoms with Crippen LogP contribution in [0.5, 0.6) is 5.75 Å². The molecule has 11 heteroatoms. The largest absolute Gasteiger partial charge is 0.484 e. The van der Waals surface area contributed by atoms with Gasteiger partial charge in [0.2, 0.25) is 10.0 Å². The predicted molar refractivity (Wildman–Crippen MR) is 125 cm³/mol. The van der Waals surface area contributed by atoms with E-state index in [0.717, 1.165) is 23.3 Å². The van der Waals surface area contributed by atoms with Gasteiger partial charge in [0.05, 0.1) is 17.7 Å². The highest BCUT2D eigenvalue weighted by Crippen LogP contribution is 2.22. The Labute approximate surface area is 201 Å². The van der Waals surface area contributed by atoms with Crippen LogP contribution in [0.2, 0.25) is 0 Å². The van der Waals surface area contributed by atoms with Gasteiger partial charge in [0.15, 0.2) is 6.61 Å². The number of nitrogens with one attached hydrogen (secondary N) is 3. The van der Waals surface area contributed by atoms with Gasteiger partial charge in [0.25, 0.3) is 11.8 Å². The fraction of sp³-hybridized carbons (Fsp3) is 0.125. The number of hydrazine groups is 1. The van der Waals surface area contributed by atoms with E-state index in [2.05, 4.69) is 16.9 Å². The van der Waals surface area contributed by atoms with Gasteiger partial charge in [-0.15, -0.1) is 0 Å². The quantitative estimate of drug-likeness (QED) is 0.409. The molecule has 0 bridgehead atoms. The van der Waals surface area contributed by atoms with Crippen LogP contribution < -0.4 is 20.3 Å². The van der Waals surface area contributed by atoms with Crippen molar-refractivity contribution in [2.24, 2.45) is 0 Å². The van der Waals surface area contributed by atoms with Gasteiger partial charge >= 0.3 is 0 Å². The Kier molecular flexibility index (Phi) is 8.14. The molecule has 3 rings (SSSR count). The van der Waals surface area contributed by atoms with Gasteiger partial charge in [-0.3, -0.25) is 20.4 Å². The fourth-order valence-corrected chi connectivity index (χ4v) is 4.20. The predicted octanol–water partition coefficient (Wildman–Crippen LogP) is 2.26. The number of ether oxygens (including phenoxy) is 1. The van der Waals surface area contributed by atoms with E-state index < -0.39 is 45.2 Å². The van der Waals surface area contributed by atoms with Crippen LogP contribution in [0.25, 0.3) is 11.1 Å². The molecule has 0 saturated heterocycles. The number of sulfonamides is 1. The summed E-state index contributed by atoms with van der Waals surface area (Å²) >= 11 is 0. The molecule has 1 atom stereocenters. The highest BCUT2D eigenvalue weighted by Gasteiger charge is 2.24. The average Bonchev–Trinajstić information content (AvgIpc) is 2.86. The van der Waals surface area contributed by atoms with Gasteiger partial charge in [0, 0.05) is 0 Å². The number of halogens is 1. The molecule has 0 aromatic heterocycles. The first kappa shape index (κ1) is 25.4. The molecular formula is C24H21FN4O5S. The van der Waals surface area contributed by atoms with Crippen molar-refractivity contribution in [2.45, 2.75) is 17.9 Å². The summed E-state index contributed by atoms with van der Waals surface area (Å²) in [5.41, 5.74) is 6.57. The van der Waals surface area contributed by atoms with Crippen LogP contribution in [-0.2, 0) is 19.6 Å². The van der Waals surface area contributed by atoms with E-state index >= 15 is 0 Å². The first-order valence-electron chi connectivity index (χ1n) is 10.3. The van der Waals surface area contributed by atoms with Crippen LogP contribution in [0.15, 0.2) is 77.7 Å². The van der Waals surface area contributed by atoms with E-state index in [1.54, 1.807) is 36.4 Å². The van der Waals surface area contributed by atoms with Crippen LogP contribution in [-0.4, -0.2) is 32.9 Å². The molecule has 1 unspecified atom stereocenters. The number of benzene rings is 3. The van der Waals surface area contributed by atoms with Crippen molar-refractivity contribution in [3.05, 3.63) is 84.2 Å². The second-order valence-corrected chi connectivity index (χ2v) is 9.00. The monoisotopic (exact) mass is 496 g/mol. The summed E-state index contributed by atoms with van der Waals surface area (Å²) in [6.07, 6.45) is 0. The molecule has 35 heavy (non-hydrogen) atoms. The number of rotatable bonds is 8. The van der Waals surface area contributed by atoms with Crippen molar-refractivity contribution in [3.63, 3.8) is 0 Å². The third kappa shape index (κ3) is 6.86. The summed E-state index contributed by atoms with van der Waals surface area (Å²) in [7, 11) is -4.28. The first-order valence-corrected chi connectivity index (χ1v) is 11.8. The van der Waals surface area contributed by atoms with Crippen molar-refractivity contribution < 1.29 is 27.1 Å². The zero-order chi connectivity index (χ0) is 25.4. The Morgan fingerprint density at radius 2 is 1.57 bits per heavy atom. The molecule has 0 saturated carbocycles. The smallest absolute Gasteiger partial charge is 0.276 e. The lowest BCUT2D eigenvalue weighted by atomic mass is 10.0. The molecule has 0 radical (unpaired) electrons. The third-order valence-corrected chi connectivity index (χ3v) is 6.32. The molecule has 0 fully saturated rings. The molecule has 0 aliphatic heterocycles. The molecule has 3 aromatic carbocycles. The summed E-state index contributed by atoms with van der Waals surface area (Å²) in [6, 6.07) is 19.5. The molecular weight excluding hydrogens is 475 g/mol. The van der Waals surface area contributed by atoms with E-state index in [0.29, 0.717) is 11.3 Å². The Morgan fingerprint density at radius 1 is 0.971 bits per heavy atom. The topological polar surface area (TPSA) is 137 Å². The first-order chi connectivity index (χ1) is 16.7. The summed E-state index contributed by atoms with van der Waals surface area (Å²) in [4.78, 5) is 23.5. The Bertz CT molecular complexity index is 1350. The summed E-state index contributed by atoms with van der Waals surface area (Å²) in [5.74, 6) is -2.08. The maximum absolute atomic E-state index is 13.8. The zero-order valence-electron chi connectivity index (χ0n) is 18.5. The lowest BCUT2D eigenvalue weighted by Gasteiger charge is -2.15. The van der Waals surface area contributed by atoms with Crippen LogP contribution in [0, 0.1) is 17.1 Å². The number of nitrogens with zero attached hydrogens (tertiary/aromatic N) is 1. The molecule has 0 aliphatic rings. The van der Waals surface area contributed by atoms with E-state index in [9.17, 15) is 22.4 Å². The van der Waals surface area contributed by atoms with E-state index in [4.69, 9.17) is 10.00 Å². The van der Waals surface area contributed by atoms with E-state index in [1.807, 2.05) is 16.9 Å². The number of hydrogen-bond donors (Lipinski definition) is 3. The molecule has 3 aromatic rings. The number of carbonyl (C=O) groups excluding carboxylic acids is 2. The minimum atomic E-state index is -4.28. The van der Waals surface area contributed by atoms with Crippen molar-refractivity contribution in [3.8, 4) is 22.9 Å². The number of carbonyl (C=O) groups is 2. The van der Waals surface area contributed by atoms with E-state index in [-0.39, 0.29) is 0 Å². The maximum atomic E-state index is 13.8. The molecule has 180 valence electrons. The molecule has 0 spiro atoms. The van der Waals surface area contributed by atoms with Gasteiger partial charge < -0.3 is 4.74 Å². The Hall–Kier alpha value is -4.27. The maximum Gasteiger partial charge on any atom is 0.276 e. The highest BCUT2D eigenvalue weighted by molar-refractivity contribution is 7.89. The highest BCUT2D eigenvalue weighted by atomic mass is 32.2. The SMILES string of the molecule is CC(NS(=O)(=O)c1ccccc1F)C(=O)NNC(=O)COc1ccc(-c2ccc(C#N)cc2)cc1. The summed E-state index contributed by atoms with van der Waals surface area (Å²) in [5, 5.41) is 8.87.